The van der Waals surface area contributed by atoms with E-state index in [0.29, 0.717) is 25.3 Å². The largest absolute Gasteiger partial charge is 0.481 e. The van der Waals surface area contributed by atoms with Crippen molar-refractivity contribution in [3.8, 4) is 0 Å². The highest BCUT2D eigenvalue weighted by molar-refractivity contribution is 5.71. The second kappa shape index (κ2) is 4.36. The third kappa shape index (κ3) is 2.32. The van der Waals surface area contributed by atoms with E-state index in [1.54, 1.807) is 17.0 Å². The molecule has 17 heavy (non-hydrogen) atoms. The number of aliphatic carboxylic acids is 1. The molecule has 1 aliphatic rings. The van der Waals surface area contributed by atoms with E-state index in [9.17, 15) is 14.9 Å². The normalized spacial score (nSPS) is 19.3. The van der Waals surface area contributed by atoms with Crippen molar-refractivity contribution in [2.75, 3.05) is 18.0 Å². The van der Waals surface area contributed by atoms with Gasteiger partial charge in [0.15, 0.2) is 0 Å². The van der Waals surface area contributed by atoms with Gasteiger partial charge in [-0.1, -0.05) is 0 Å². The highest BCUT2D eigenvalue weighted by Gasteiger charge is 2.30. The number of carboxylic acid groups (broad SMARTS) is 1. The second-order valence-corrected chi connectivity index (χ2v) is 3.88. The predicted octanol–water partition coefficient (Wildman–Crippen LogP) is 0.901. The van der Waals surface area contributed by atoms with Crippen LogP contribution in [0, 0.1) is 16.0 Å². The Bertz CT molecular complexity index is 463. The molecule has 0 radical (unpaired) electrons. The molecule has 1 aromatic heterocycles. The average Bonchev–Trinajstić information content (AvgIpc) is 2.78. The minimum atomic E-state index is -0.835. The maximum absolute atomic E-state index is 10.8. The van der Waals surface area contributed by atoms with Crippen LogP contribution in [0.4, 0.5) is 11.6 Å². The highest BCUT2D eigenvalue weighted by atomic mass is 16.6. The molecule has 0 aliphatic carbocycles. The van der Waals surface area contributed by atoms with Crippen LogP contribution >= 0.6 is 0 Å². The molecular formula is C10H11N3O4. The van der Waals surface area contributed by atoms with Crippen molar-refractivity contribution in [3.63, 3.8) is 0 Å². The average molecular weight is 237 g/mol. The molecule has 1 atom stereocenters. The van der Waals surface area contributed by atoms with Gasteiger partial charge >= 0.3 is 11.8 Å². The minimum Gasteiger partial charge on any atom is -0.481 e. The monoisotopic (exact) mass is 237 g/mol. The molecule has 0 amide bonds. The topological polar surface area (TPSA) is 96.6 Å². The number of pyridine rings is 1. The molecule has 0 spiro atoms. The number of nitrogens with zero attached hydrogens (tertiary/aromatic N) is 3. The molecule has 1 aromatic rings. The fraction of sp³-hybridized carbons (Fsp3) is 0.400. The molecule has 0 aromatic carbocycles. The molecule has 1 aliphatic heterocycles. The van der Waals surface area contributed by atoms with Crippen molar-refractivity contribution in [1.82, 2.24) is 4.98 Å². The fourth-order valence-electron chi connectivity index (χ4n) is 1.86. The molecule has 1 unspecified atom stereocenters. The summed E-state index contributed by atoms with van der Waals surface area (Å²) in [5.41, 5.74) is 0. The Hall–Kier alpha value is -2.18. The Morgan fingerprint density at radius 1 is 1.59 bits per heavy atom. The summed E-state index contributed by atoms with van der Waals surface area (Å²) >= 11 is 0. The molecule has 0 bridgehead atoms. The van der Waals surface area contributed by atoms with Crippen LogP contribution in [-0.4, -0.2) is 34.1 Å². The summed E-state index contributed by atoms with van der Waals surface area (Å²) in [6.07, 6.45) is 0.541. The molecule has 90 valence electrons. The molecule has 1 fully saturated rings. The first-order valence-corrected chi connectivity index (χ1v) is 5.17. The van der Waals surface area contributed by atoms with Gasteiger partial charge in [-0.2, -0.15) is 0 Å². The van der Waals surface area contributed by atoms with Crippen molar-refractivity contribution in [2.45, 2.75) is 6.42 Å². The summed E-state index contributed by atoms with van der Waals surface area (Å²) in [6.45, 7) is 0.911. The number of nitro groups is 1. The van der Waals surface area contributed by atoms with Crippen molar-refractivity contribution >= 4 is 17.6 Å². The molecule has 2 heterocycles. The zero-order chi connectivity index (χ0) is 12.4. The third-order valence-corrected chi connectivity index (χ3v) is 2.77. The van der Waals surface area contributed by atoms with Crippen molar-refractivity contribution in [3.05, 3.63) is 28.3 Å². The lowest BCUT2D eigenvalue weighted by atomic mass is 10.1. The van der Waals surface area contributed by atoms with Crippen molar-refractivity contribution in [1.29, 1.82) is 0 Å². The Kier molecular flexibility index (Phi) is 2.90. The number of hydrogen-bond donors (Lipinski definition) is 1. The summed E-state index contributed by atoms with van der Waals surface area (Å²) in [7, 11) is 0. The van der Waals surface area contributed by atoms with Crippen LogP contribution < -0.4 is 4.90 Å². The fourth-order valence-corrected chi connectivity index (χ4v) is 1.86. The number of hydrogen-bond acceptors (Lipinski definition) is 5. The predicted molar refractivity (Wildman–Crippen MR) is 58.8 cm³/mol. The molecule has 1 N–H and O–H groups in total. The van der Waals surface area contributed by atoms with E-state index < -0.39 is 16.8 Å². The summed E-state index contributed by atoms with van der Waals surface area (Å²) in [5.74, 6) is -1.02. The first-order chi connectivity index (χ1) is 8.08. The van der Waals surface area contributed by atoms with Crippen LogP contribution in [0.25, 0.3) is 0 Å². The van der Waals surface area contributed by atoms with Crippen LogP contribution in [-0.2, 0) is 4.79 Å². The standard InChI is InChI=1S/C10H11N3O4/c14-10(15)7-4-5-12(6-7)8-2-1-3-9(11-8)13(16)17/h1-3,7H,4-6H2,(H,14,15). The van der Waals surface area contributed by atoms with E-state index in [1.807, 2.05) is 0 Å². The molecule has 7 heteroatoms. The Morgan fingerprint density at radius 3 is 2.94 bits per heavy atom. The van der Waals surface area contributed by atoms with E-state index in [0.717, 1.165) is 0 Å². The number of rotatable bonds is 3. The number of aromatic nitrogens is 1. The van der Waals surface area contributed by atoms with E-state index in [4.69, 9.17) is 5.11 Å². The highest BCUT2D eigenvalue weighted by Crippen LogP contribution is 2.23. The molecular weight excluding hydrogens is 226 g/mol. The van der Waals surface area contributed by atoms with Crippen LogP contribution in [0.1, 0.15) is 6.42 Å². The zero-order valence-electron chi connectivity index (χ0n) is 8.94. The van der Waals surface area contributed by atoms with E-state index >= 15 is 0 Å². The van der Waals surface area contributed by atoms with E-state index in [2.05, 4.69) is 4.98 Å². The van der Waals surface area contributed by atoms with E-state index in [1.165, 1.54) is 6.07 Å². The molecule has 7 nitrogen and oxygen atoms in total. The van der Waals surface area contributed by atoms with Gasteiger partial charge in [-0.3, -0.25) is 4.79 Å². The van der Waals surface area contributed by atoms with Crippen LogP contribution in [0.5, 0.6) is 0 Å². The summed E-state index contributed by atoms with van der Waals surface area (Å²) in [5, 5.41) is 19.4. The number of anilines is 1. The first kappa shape index (κ1) is 11.3. The Morgan fingerprint density at radius 2 is 2.35 bits per heavy atom. The number of carbonyl (C=O) groups is 1. The van der Waals surface area contributed by atoms with Crippen LogP contribution in [0.15, 0.2) is 18.2 Å². The smallest absolute Gasteiger partial charge is 0.365 e. The lowest BCUT2D eigenvalue weighted by molar-refractivity contribution is -0.389. The number of carboxylic acids is 1. The van der Waals surface area contributed by atoms with E-state index in [-0.39, 0.29) is 5.82 Å². The lowest BCUT2D eigenvalue weighted by Crippen LogP contribution is -2.23. The van der Waals surface area contributed by atoms with Crippen molar-refractivity contribution in [2.24, 2.45) is 5.92 Å². The van der Waals surface area contributed by atoms with Gasteiger partial charge in [0.25, 0.3) is 0 Å². The van der Waals surface area contributed by atoms with Gasteiger partial charge in [0.2, 0.25) is 5.82 Å². The molecule has 2 rings (SSSR count). The maximum Gasteiger partial charge on any atom is 0.365 e. The maximum atomic E-state index is 10.8. The van der Waals surface area contributed by atoms with Gasteiger partial charge < -0.3 is 20.1 Å². The summed E-state index contributed by atoms with van der Waals surface area (Å²) in [4.78, 5) is 26.4. The van der Waals surface area contributed by atoms with Gasteiger partial charge in [0.1, 0.15) is 0 Å². The lowest BCUT2D eigenvalue weighted by Gasteiger charge is -2.12. The molecule has 0 saturated carbocycles. The SMILES string of the molecule is O=C(O)C1CCN(c2cccc([N+](=O)[O-])n2)C1. The Balaban J connectivity index is 2.16. The zero-order valence-corrected chi connectivity index (χ0v) is 8.94. The van der Waals surface area contributed by atoms with Gasteiger partial charge in [-0.05, 0) is 22.4 Å². The molecule has 1 saturated heterocycles. The summed E-state index contributed by atoms with van der Waals surface area (Å²) < 4.78 is 0. The minimum absolute atomic E-state index is 0.221. The third-order valence-electron chi connectivity index (χ3n) is 2.77. The van der Waals surface area contributed by atoms with Gasteiger partial charge in [0, 0.05) is 25.2 Å². The van der Waals surface area contributed by atoms with Gasteiger partial charge in [-0.15, -0.1) is 0 Å². The van der Waals surface area contributed by atoms with Crippen LogP contribution in [0.2, 0.25) is 0 Å². The second-order valence-electron chi connectivity index (χ2n) is 3.88. The van der Waals surface area contributed by atoms with Crippen molar-refractivity contribution < 1.29 is 14.8 Å². The van der Waals surface area contributed by atoms with Crippen LogP contribution in [0.3, 0.4) is 0 Å². The Labute approximate surface area is 96.8 Å². The van der Waals surface area contributed by atoms with Gasteiger partial charge in [0.05, 0.1) is 5.92 Å². The summed E-state index contributed by atoms with van der Waals surface area (Å²) in [6, 6.07) is 4.51. The quantitative estimate of drug-likeness (QED) is 0.619. The first-order valence-electron chi connectivity index (χ1n) is 5.17. The van der Waals surface area contributed by atoms with Gasteiger partial charge in [-0.25, -0.2) is 0 Å².